The van der Waals surface area contributed by atoms with Crippen LogP contribution in [0.25, 0.3) is 10.2 Å². The molecule has 0 unspecified atom stereocenters. The Morgan fingerprint density at radius 1 is 1.10 bits per heavy atom. The summed E-state index contributed by atoms with van der Waals surface area (Å²) in [7, 11) is 2.01. The first-order valence-corrected chi connectivity index (χ1v) is 8.01. The van der Waals surface area contributed by atoms with Gasteiger partial charge in [0.15, 0.2) is 0 Å². The van der Waals surface area contributed by atoms with Crippen molar-refractivity contribution >= 4 is 50.4 Å². The number of para-hydroxylation sites is 1. The fraction of sp³-hybridized carbons (Fsp3) is 0.0667. The van der Waals surface area contributed by atoms with Gasteiger partial charge in [-0.2, -0.15) is 5.10 Å². The molecule has 0 atom stereocenters. The molecular weight excluding hydrogens is 381 g/mol. The number of halogens is 1. The number of aromatic nitrogens is 1. The molecule has 3 rings (SSSR count). The third-order valence-electron chi connectivity index (χ3n) is 2.93. The lowest BCUT2D eigenvalue weighted by Crippen LogP contribution is -2.08. The second-order valence-corrected chi connectivity index (χ2v) is 6.56. The first kappa shape index (κ1) is 13.5. The molecule has 100 valence electrons. The first-order chi connectivity index (χ1) is 9.74. The monoisotopic (exact) mass is 393 g/mol. The highest BCUT2D eigenvalue weighted by atomic mass is 127. The van der Waals surface area contributed by atoms with Gasteiger partial charge in [-0.05, 0) is 52.4 Å². The Kier molecular flexibility index (Phi) is 3.98. The molecule has 3 nitrogen and oxygen atoms in total. The number of rotatable bonds is 2. The summed E-state index contributed by atoms with van der Waals surface area (Å²) in [4.78, 5) is 0.896. The van der Waals surface area contributed by atoms with Crippen LogP contribution in [0.1, 0.15) is 5.56 Å². The number of aryl methyl sites for hydroxylation is 1. The molecular formula is C15H12IN3S. The van der Waals surface area contributed by atoms with E-state index < -0.39 is 0 Å². The standard InChI is InChI=1S/C15H12IN3S/c1-19-13-4-2-3-5-14(13)20-15(19)18-17-10-11-6-8-12(16)9-7-11/h2-10H,1H3/b17-10+,18-15-. The third-order valence-corrected chi connectivity index (χ3v) is 4.76. The average molecular weight is 393 g/mol. The maximum Gasteiger partial charge on any atom is 0.211 e. The van der Waals surface area contributed by atoms with E-state index in [1.54, 1.807) is 17.6 Å². The highest BCUT2D eigenvalue weighted by Crippen LogP contribution is 2.15. The zero-order valence-electron chi connectivity index (χ0n) is 10.8. The van der Waals surface area contributed by atoms with Crippen LogP contribution in [0.15, 0.2) is 58.7 Å². The van der Waals surface area contributed by atoms with Crippen molar-refractivity contribution in [2.45, 2.75) is 0 Å². The SMILES string of the molecule is Cn1/c(=N/N=C/c2ccc(I)cc2)sc2ccccc21. The Morgan fingerprint density at radius 3 is 2.60 bits per heavy atom. The highest BCUT2D eigenvalue weighted by Gasteiger charge is 2.00. The van der Waals surface area contributed by atoms with Gasteiger partial charge in [0.1, 0.15) is 0 Å². The van der Waals surface area contributed by atoms with Crippen LogP contribution in [0.3, 0.4) is 0 Å². The molecule has 0 fully saturated rings. The predicted molar refractivity (Wildman–Crippen MR) is 93.1 cm³/mol. The summed E-state index contributed by atoms with van der Waals surface area (Å²) in [6, 6.07) is 16.4. The lowest BCUT2D eigenvalue weighted by Gasteiger charge is -1.93. The first-order valence-electron chi connectivity index (χ1n) is 6.11. The molecule has 0 aliphatic rings. The van der Waals surface area contributed by atoms with E-state index in [0.717, 1.165) is 10.4 Å². The number of hydrogen-bond donors (Lipinski definition) is 0. The number of nitrogens with zero attached hydrogens (tertiary/aromatic N) is 3. The summed E-state index contributed by atoms with van der Waals surface area (Å²) in [6.45, 7) is 0. The zero-order chi connectivity index (χ0) is 13.9. The van der Waals surface area contributed by atoms with Gasteiger partial charge in [-0.15, -0.1) is 5.10 Å². The quantitative estimate of drug-likeness (QED) is 0.361. The Balaban J connectivity index is 1.94. The minimum absolute atomic E-state index is 0.896. The van der Waals surface area contributed by atoms with E-state index in [4.69, 9.17) is 0 Å². The molecule has 0 aliphatic carbocycles. The van der Waals surface area contributed by atoms with Crippen LogP contribution in [-0.4, -0.2) is 10.8 Å². The van der Waals surface area contributed by atoms with Crippen molar-refractivity contribution in [2.24, 2.45) is 17.3 Å². The van der Waals surface area contributed by atoms with E-state index in [-0.39, 0.29) is 0 Å². The molecule has 5 heteroatoms. The molecule has 3 aromatic rings. The van der Waals surface area contributed by atoms with Gasteiger partial charge < -0.3 is 4.57 Å². The summed E-state index contributed by atoms with van der Waals surface area (Å²) < 4.78 is 4.50. The summed E-state index contributed by atoms with van der Waals surface area (Å²) in [5, 5.41) is 8.49. The molecule has 1 heterocycles. The van der Waals surface area contributed by atoms with Crippen LogP contribution in [0, 0.1) is 3.57 Å². The minimum atomic E-state index is 0.896. The lowest BCUT2D eigenvalue weighted by molar-refractivity contribution is 0.889. The maximum atomic E-state index is 4.31. The van der Waals surface area contributed by atoms with Crippen LogP contribution in [0.5, 0.6) is 0 Å². The minimum Gasteiger partial charge on any atom is -0.318 e. The molecule has 0 amide bonds. The average Bonchev–Trinajstić information content (AvgIpc) is 2.78. The van der Waals surface area contributed by atoms with Crippen molar-refractivity contribution in [3.8, 4) is 0 Å². The Labute approximate surface area is 134 Å². The smallest absolute Gasteiger partial charge is 0.211 e. The predicted octanol–water partition coefficient (Wildman–Crippen LogP) is 3.78. The number of fused-ring (bicyclic) bond motifs is 1. The molecule has 0 saturated carbocycles. The van der Waals surface area contributed by atoms with E-state index in [1.165, 1.54) is 13.8 Å². The van der Waals surface area contributed by atoms with E-state index in [0.29, 0.717) is 0 Å². The van der Waals surface area contributed by atoms with Gasteiger partial charge in [0.05, 0.1) is 16.4 Å². The second kappa shape index (κ2) is 5.88. The summed E-state index contributed by atoms with van der Waals surface area (Å²) in [5.41, 5.74) is 2.23. The van der Waals surface area contributed by atoms with Gasteiger partial charge in [0.25, 0.3) is 0 Å². The molecule has 2 aromatic carbocycles. The zero-order valence-corrected chi connectivity index (χ0v) is 13.8. The van der Waals surface area contributed by atoms with E-state index in [9.17, 15) is 0 Å². The number of hydrogen-bond acceptors (Lipinski definition) is 3. The molecule has 0 saturated heterocycles. The van der Waals surface area contributed by atoms with Gasteiger partial charge in [-0.25, -0.2) is 0 Å². The largest absolute Gasteiger partial charge is 0.318 e. The summed E-state index contributed by atoms with van der Waals surface area (Å²) in [5.74, 6) is 0. The molecule has 1 aromatic heterocycles. The Hall–Kier alpha value is -1.47. The van der Waals surface area contributed by atoms with E-state index >= 15 is 0 Å². The van der Waals surface area contributed by atoms with Gasteiger partial charge in [0, 0.05) is 10.6 Å². The number of benzene rings is 2. The molecule has 0 N–H and O–H groups in total. The normalized spacial score (nSPS) is 12.6. The Bertz CT molecular complexity index is 828. The lowest BCUT2D eigenvalue weighted by atomic mass is 10.2. The fourth-order valence-electron chi connectivity index (χ4n) is 1.87. The van der Waals surface area contributed by atoms with Crippen molar-refractivity contribution < 1.29 is 0 Å². The number of thiazole rings is 1. The maximum absolute atomic E-state index is 4.31. The topological polar surface area (TPSA) is 29.6 Å². The van der Waals surface area contributed by atoms with Crippen molar-refractivity contribution in [3.05, 3.63) is 62.5 Å². The van der Waals surface area contributed by atoms with Crippen LogP contribution >= 0.6 is 33.9 Å². The van der Waals surface area contributed by atoms with Gasteiger partial charge in [-0.3, -0.25) is 0 Å². The third kappa shape index (κ3) is 2.83. The van der Waals surface area contributed by atoms with Crippen molar-refractivity contribution in [3.63, 3.8) is 0 Å². The van der Waals surface area contributed by atoms with Gasteiger partial charge >= 0.3 is 0 Å². The van der Waals surface area contributed by atoms with Crippen molar-refractivity contribution in [1.29, 1.82) is 0 Å². The summed E-state index contributed by atoms with van der Waals surface area (Å²) in [6.07, 6.45) is 1.78. The second-order valence-electron chi connectivity index (χ2n) is 4.31. The fourth-order valence-corrected chi connectivity index (χ4v) is 3.21. The van der Waals surface area contributed by atoms with Crippen LogP contribution < -0.4 is 4.80 Å². The van der Waals surface area contributed by atoms with Crippen molar-refractivity contribution in [1.82, 2.24) is 4.57 Å². The van der Waals surface area contributed by atoms with E-state index in [1.807, 2.05) is 31.3 Å². The van der Waals surface area contributed by atoms with Crippen molar-refractivity contribution in [2.75, 3.05) is 0 Å². The molecule has 0 bridgehead atoms. The molecule has 20 heavy (non-hydrogen) atoms. The van der Waals surface area contributed by atoms with Gasteiger partial charge in [-0.1, -0.05) is 35.6 Å². The highest BCUT2D eigenvalue weighted by molar-refractivity contribution is 14.1. The Morgan fingerprint density at radius 2 is 1.85 bits per heavy atom. The molecule has 0 spiro atoms. The molecule has 0 radical (unpaired) electrons. The van der Waals surface area contributed by atoms with Gasteiger partial charge in [0.2, 0.25) is 4.80 Å². The summed E-state index contributed by atoms with van der Waals surface area (Å²) >= 11 is 3.93. The molecule has 0 aliphatic heterocycles. The van der Waals surface area contributed by atoms with Crippen LogP contribution in [0.2, 0.25) is 0 Å². The van der Waals surface area contributed by atoms with E-state index in [2.05, 4.69) is 61.6 Å². The van der Waals surface area contributed by atoms with Crippen LogP contribution in [0.4, 0.5) is 0 Å². The van der Waals surface area contributed by atoms with Crippen LogP contribution in [-0.2, 0) is 7.05 Å².